The lowest BCUT2D eigenvalue weighted by atomic mass is 10.0. The molecule has 3 heterocycles. The van der Waals surface area contributed by atoms with Crippen LogP contribution in [0.25, 0.3) is 0 Å². The average molecular weight is 341 g/mol. The van der Waals surface area contributed by atoms with E-state index < -0.39 is 0 Å². The highest BCUT2D eigenvalue weighted by Crippen LogP contribution is 2.25. The Morgan fingerprint density at radius 2 is 1.76 bits per heavy atom. The maximum Gasteiger partial charge on any atom is 0.318 e. The minimum atomic E-state index is -0.259. The van der Waals surface area contributed by atoms with Gasteiger partial charge in [0.05, 0.1) is 6.04 Å². The molecule has 6 heteroatoms. The highest BCUT2D eigenvalue weighted by Gasteiger charge is 2.28. The van der Waals surface area contributed by atoms with Crippen LogP contribution in [0.1, 0.15) is 43.2 Å². The molecule has 2 aliphatic heterocycles. The molecule has 2 fully saturated rings. The summed E-state index contributed by atoms with van der Waals surface area (Å²) >= 11 is 0. The SMILES string of the molecule is NC(Cc1ccccc1)c1nnc(N2CCC(N3CCCC3)CC2)o1. The zero-order valence-corrected chi connectivity index (χ0v) is 14.7. The molecule has 0 spiro atoms. The second-order valence-electron chi connectivity index (χ2n) is 7.18. The predicted octanol–water partition coefficient (Wildman–Crippen LogP) is 2.38. The monoisotopic (exact) mass is 341 g/mol. The number of nitrogens with two attached hydrogens (primary N) is 1. The Balaban J connectivity index is 1.33. The number of nitrogens with zero attached hydrogens (tertiary/aromatic N) is 4. The lowest BCUT2D eigenvalue weighted by molar-refractivity contribution is 0.205. The second kappa shape index (κ2) is 7.54. The van der Waals surface area contributed by atoms with Gasteiger partial charge in [-0.05, 0) is 50.8 Å². The third kappa shape index (κ3) is 3.85. The summed E-state index contributed by atoms with van der Waals surface area (Å²) in [5.41, 5.74) is 7.43. The van der Waals surface area contributed by atoms with Gasteiger partial charge in [0.2, 0.25) is 5.89 Å². The van der Waals surface area contributed by atoms with E-state index in [-0.39, 0.29) is 6.04 Å². The van der Waals surface area contributed by atoms with Crippen molar-refractivity contribution in [2.45, 2.75) is 44.2 Å². The van der Waals surface area contributed by atoms with E-state index in [1.54, 1.807) is 0 Å². The average Bonchev–Trinajstić information content (AvgIpc) is 3.35. The van der Waals surface area contributed by atoms with Gasteiger partial charge in [0.15, 0.2) is 0 Å². The zero-order valence-electron chi connectivity index (χ0n) is 14.7. The zero-order chi connectivity index (χ0) is 17.1. The van der Waals surface area contributed by atoms with E-state index >= 15 is 0 Å². The highest BCUT2D eigenvalue weighted by atomic mass is 16.4. The van der Waals surface area contributed by atoms with E-state index in [9.17, 15) is 0 Å². The number of likely N-dealkylation sites (tertiary alicyclic amines) is 1. The van der Waals surface area contributed by atoms with Crippen molar-refractivity contribution in [3.05, 3.63) is 41.8 Å². The molecule has 0 radical (unpaired) electrons. The van der Waals surface area contributed by atoms with Crippen LogP contribution in [0.3, 0.4) is 0 Å². The van der Waals surface area contributed by atoms with Gasteiger partial charge in [0.1, 0.15) is 0 Å². The molecule has 1 unspecified atom stereocenters. The second-order valence-corrected chi connectivity index (χ2v) is 7.18. The minimum Gasteiger partial charge on any atom is -0.406 e. The van der Waals surface area contributed by atoms with Crippen molar-refractivity contribution in [2.24, 2.45) is 5.73 Å². The van der Waals surface area contributed by atoms with Gasteiger partial charge >= 0.3 is 6.01 Å². The summed E-state index contributed by atoms with van der Waals surface area (Å²) < 4.78 is 5.88. The molecule has 1 aromatic carbocycles. The van der Waals surface area contributed by atoms with Crippen molar-refractivity contribution in [3.8, 4) is 0 Å². The van der Waals surface area contributed by atoms with Gasteiger partial charge < -0.3 is 20.0 Å². The smallest absolute Gasteiger partial charge is 0.318 e. The van der Waals surface area contributed by atoms with Crippen molar-refractivity contribution < 1.29 is 4.42 Å². The molecule has 0 aliphatic carbocycles. The third-order valence-electron chi connectivity index (χ3n) is 5.44. The summed E-state index contributed by atoms with van der Waals surface area (Å²) in [5.74, 6) is 0.528. The Hall–Kier alpha value is -1.92. The van der Waals surface area contributed by atoms with Crippen LogP contribution < -0.4 is 10.6 Å². The van der Waals surface area contributed by atoms with Crippen molar-refractivity contribution in [3.63, 3.8) is 0 Å². The van der Waals surface area contributed by atoms with Crippen LogP contribution in [0.4, 0.5) is 6.01 Å². The molecule has 2 aliphatic rings. The standard InChI is InChI=1S/C19H27N5O/c20-17(14-15-6-2-1-3-7-15)18-21-22-19(25-18)24-12-8-16(9-13-24)23-10-4-5-11-23/h1-3,6-7,16-17H,4-5,8-14,20H2. The van der Waals surface area contributed by atoms with Crippen LogP contribution in [0.5, 0.6) is 0 Å². The Morgan fingerprint density at radius 1 is 1.04 bits per heavy atom. The molecule has 25 heavy (non-hydrogen) atoms. The maximum absolute atomic E-state index is 6.25. The summed E-state index contributed by atoms with van der Waals surface area (Å²) in [5, 5.41) is 8.43. The summed E-state index contributed by atoms with van der Waals surface area (Å²) in [6, 6.07) is 11.3. The Labute approximate surface area is 149 Å². The van der Waals surface area contributed by atoms with Gasteiger partial charge in [0.25, 0.3) is 0 Å². The fourth-order valence-corrected chi connectivity index (χ4v) is 3.99. The van der Waals surface area contributed by atoms with Crippen molar-refractivity contribution in [2.75, 3.05) is 31.1 Å². The van der Waals surface area contributed by atoms with Gasteiger partial charge in [-0.25, -0.2) is 0 Å². The van der Waals surface area contributed by atoms with Gasteiger partial charge in [-0.1, -0.05) is 35.4 Å². The first-order valence-electron chi connectivity index (χ1n) is 9.41. The van der Waals surface area contributed by atoms with Crippen LogP contribution >= 0.6 is 0 Å². The molecule has 134 valence electrons. The first kappa shape index (κ1) is 16.5. The van der Waals surface area contributed by atoms with Crippen molar-refractivity contribution in [1.82, 2.24) is 15.1 Å². The van der Waals surface area contributed by atoms with Gasteiger partial charge in [-0.3, -0.25) is 0 Å². The van der Waals surface area contributed by atoms with Gasteiger partial charge in [-0.2, -0.15) is 0 Å². The molecule has 1 aromatic heterocycles. The molecule has 0 saturated carbocycles. The molecule has 4 rings (SSSR count). The van der Waals surface area contributed by atoms with Crippen LogP contribution in [-0.4, -0.2) is 47.3 Å². The quantitative estimate of drug-likeness (QED) is 0.900. The molecule has 1 atom stereocenters. The van der Waals surface area contributed by atoms with Crippen LogP contribution in [-0.2, 0) is 6.42 Å². The van der Waals surface area contributed by atoms with Crippen LogP contribution in [0.2, 0.25) is 0 Å². The molecule has 2 saturated heterocycles. The number of hydrogen-bond acceptors (Lipinski definition) is 6. The number of piperidine rings is 1. The fourth-order valence-electron chi connectivity index (χ4n) is 3.99. The van der Waals surface area contributed by atoms with E-state index in [0.717, 1.165) is 19.1 Å². The largest absolute Gasteiger partial charge is 0.406 e. The van der Waals surface area contributed by atoms with E-state index in [0.29, 0.717) is 18.3 Å². The van der Waals surface area contributed by atoms with E-state index in [1.165, 1.54) is 44.3 Å². The topological polar surface area (TPSA) is 71.4 Å². The summed E-state index contributed by atoms with van der Waals surface area (Å²) in [6.45, 7) is 4.50. The van der Waals surface area contributed by atoms with Gasteiger partial charge in [-0.15, -0.1) is 5.10 Å². The summed E-state index contributed by atoms with van der Waals surface area (Å²) in [7, 11) is 0. The Morgan fingerprint density at radius 3 is 2.48 bits per heavy atom. The Bertz CT molecular complexity index is 659. The number of hydrogen-bond donors (Lipinski definition) is 1. The summed E-state index contributed by atoms with van der Waals surface area (Å²) in [6.07, 6.45) is 5.76. The molecule has 2 N–H and O–H groups in total. The van der Waals surface area contributed by atoms with E-state index in [4.69, 9.17) is 10.2 Å². The lowest BCUT2D eigenvalue weighted by Gasteiger charge is -2.35. The first-order valence-corrected chi connectivity index (χ1v) is 9.41. The molecule has 6 nitrogen and oxygen atoms in total. The van der Waals surface area contributed by atoms with E-state index in [1.807, 2.05) is 18.2 Å². The molecular weight excluding hydrogens is 314 g/mol. The maximum atomic E-state index is 6.25. The number of benzene rings is 1. The van der Waals surface area contributed by atoms with Crippen LogP contribution in [0, 0.1) is 0 Å². The highest BCUT2D eigenvalue weighted by molar-refractivity contribution is 5.26. The van der Waals surface area contributed by atoms with Crippen molar-refractivity contribution in [1.29, 1.82) is 0 Å². The van der Waals surface area contributed by atoms with E-state index in [2.05, 4.69) is 32.1 Å². The van der Waals surface area contributed by atoms with Gasteiger partial charge in [0, 0.05) is 19.1 Å². The summed E-state index contributed by atoms with van der Waals surface area (Å²) in [4.78, 5) is 4.85. The molecule has 0 amide bonds. The predicted molar refractivity (Wildman–Crippen MR) is 97.4 cm³/mol. The number of rotatable bonds is 5. The third-order valence-corrected chi connectivity index (χ3v) is 5.44. The molecular formula is C19H27N5O. The minimum absolute atomic E-state index is 0.259. The fraction of sp³-hybridized carbons (Fsp3) is 0.579. The number of anilines is 1. The first-order chi connectivity index (χ1) is 12.3. The normalized spacial score (nSPS) is 20.9. The Kier molecular flexibility index (Phi) is 4.99. The van der Waals surface area contributed by atoms with Crippen LogP contribution in [0.15, 0.2) is 34.7 Å². The molecule has 2 aromatic rings. The van der Waals surface area contributed by atoms with Crippen molar-refractivity contribution >= 4 is 6.01 Å². The number of aromatic nitrogens is 2. The molecule has 0 bridgehead atoms. The lowest BCUT2D eigenvalue weighted by Crippen LogP contribution is -2.44.